The van der Waals surface area contributed by atoms with E-state index in [0.29, 0.717) is 6.61 Å². The van der Waals surface area contributed by atoms with Crippen LogP contribution in [0.4, 0.5) is 0 Å². The first-order valence-corrected chi connectivity index (χ1v) is 7.72. The van der Waals surface area contributed by atoms with E-state index in [2.05, 4.69) is 59.2 Å². The minimum Gasteiger partial charge on any atom is -0.487 e. The van der Waals surface area contributed by atoms with Gasteiger partial charge in [0.25, 0.3) is 0 Å². The van der Waals surface area contributed by atoms with Gasteiger partial charge in [-0.15, -0.1) is 11.3 Å². The van der Waals surface area contributed by atoms with Crippen molar-refractivity contribution < 1.29 is 4.74 Å². The average molecular weight is 427 g/mol. The van der Waals surface area contributed by atoms with Gasteiger partial charge in [0.2, 0.25) is 0 Å². The number of benzene rings is 1. The molecule has 0 radical (unpaired) electrons. The van der Waals surface area contributed by atoms with Crippen molar-refractivity contribution in [1.82, 2.24) is 0 Å². The fraction of sp³-hybridized carbons (Fsp3) is 0.0909. The molecule has 0 aliphatic carbocycles. The molecule has 1 aromatic carbocycles. The first kappa shape index (κ1) is 12.6. The molecule has 5 heteroatoms. The predicted molar refractivity (Wildman–Crippen MR) is 78.2 cm³/mol. The summed E-state index contributed by atoms with van der Waals surface area (Å²) in [5.41, 5.74) is 0. The van der Waals surface area contributed by atoms with Crippen LogP contribution in [-0.2, 0) is 6.61 Å². The molecule has 0 fully saturated rings. The summed E-state index contributed by atoms with van der Waals surface area (Å²) in [4.78, 5) is 1.20. The van der Waals surface area contributed by atoms with Crippen LogP contribution >= 0.6 is 59.1 Å². The van der Waals surface area contributed by atoms with E-state index in [1.54, 1.807) is 11.3 Å². The maximum Gasteiger partial charge on any atom is 0.134 e. The molecule has 0 aliphatic rings. The Balaban J connectivity index is 2.04. The number of rotatable bonds is 3. The van der Waals surface area contributed by atoms with Gasteiger partial charge in [0.05, 0.1) is 4.47 Å². The molecule has 0 saturated carbocycles. The Kier molecular flexibility index (Phi) is 4.47. The van der Waals surface area contributed by atoms with Gasteiger partial charge in [-0.3, -0.25) is 0 Å². The number of hydrogen-bond donors (Lipinski definition) is 0. The van der Waals surface area contributed by atoms with E-state index in [1.807, 2.05) is 18.2 Å². The highest BCUT2D eigenvalue weighted by atomic mass is 79.9. The first-order valence-electron chi connectivity index (χ1n) is 4.46. The Morgan fingerprint density at radius 2 is 1.88 bits per heavy atom. The molecule has 0 unspecified atom stereocenters. The molecule has 16 heavy (non-hydrogen) atoms. The third-order valence-corrected chi connectivity index (χ3v) is 4.67. The second-order valence-electron chi connectivity index (χ2n) is 3.09. The summed E-state index contributed by atoms with van der Waals surface area (Å²) in [6.07, 6.45) is 0. The molecule has 1 nitrogen and oxygen atoms in total. The lowest BCUT2D eigenvalue weighted by atomic mass is 10.3. The highest BCUT2D eigenvalue weighted by Crippen LogP contribution is 2.29. The van der Waals surface area contributed by atoms with Crippen LogP contribution in [0, 0.1) is 0 Å². The van der Waals surface area contributed by atoms with Gasteiger partial charge in [0, 0.05) is 19.2 Å². The standard InChI is InChI=1S/C11H7Br3OS/c12-7-1-2-11(10(14)4-7)15-5-9-3-8(13)6-16-9/h1-4,6H,5H2. The van der Waals surface area contributed by atoms with Gasteiger partial charge in [-0.1, -0.05) is 15.9 Å². The number of halogens is 3. The van der Waals surface area contributed by atoms with Crippen molar-refractivity contribution in [3.63, 3.8) is 0 Å². The van der Waals surface area contributed by atoms with Crippen molar-refractivity contribution in [2.75, 3.05) is 0 Å². The summed E-state index contributed by atoms with van der Waals surface area (Å²) >= 11 is 12.0. The van der Waals surface area contributed by atoms with Gasteiger partial charge in [0.15, 0.2) is 0 Å². The molecule has 84 valence electrons. The summed E-state index contributed by atoms with van der Waals surface area (Å²) in [5.74, 6) is 0.854. The number of thiophene rings is 1. The molecular weight excluding hydrogens is 420 g/mol. The summed E-state index contributed by atoms with van der Waals surface area (Å²) in [7, 11) is 0. The van der Waals surface area contributed by atoms with Crippen molar-refractivity contribution in [2.24, 2.45) is 0 Å². The molecule has 2 aromatic rings. The van der Waals surface area contributed by atoms with Crippen LogP contribution < -0.4 is 4.74 Å². The van der Waals surface area contributed by atoms with E-state index in [0.717, 1.165) is 19.2 Å². The van der Waals surface area contributed by atoms with Crippen molar-refractivity contribution in [2.45, 2.75) is 6.61 Å². The lowest BCUT2D eigenvalue weighted by Gasteiger charge is -2.06. The second-order valence-corrected chi connectivity index (χ2v) is 6.78. The summed E-state index contributed by atoms with van der Waals surface area (Å²) < 4.78 is 8.80. The van der Waals surface area contributed by atoms with Crippen molar-refractivity contribution >= 4 is 59.1 Å². The Morgan fingerprint density at radius 1 is 1.06 bits per heavy atom. The van der Waals surface area contributed by atoms with Crippen LogP contribution in [0.3, 0.4) is 0 Å². The van der Waals surface area contributed by atoms with Gasteiger partial charge in [-0.25, -0.2) is 0 Å². The van der Waals surface area contributed by atoms with Crippen LogP contribution in [0.1, 0.15) is 4.88 Å². The smallest absolute Gasteiger partial charge is 0.134 e. The molecule has 2 rings (SSSR count). The topological polar surface area (TPSA) is 9.23 Å². The third-order valence-electron chi connectivity index (χ3n) is 1.89. The van der Waals surface area contributed by atoms with E-state index in [9.17, 15) is 0 Å². The molecule has 1 heterocycles. The van der Waals surface area contributed by atoms with E-state index < -0.39 is 0 Å². The number of hydrogen-bond acceptors (Lipinski definition) is 2. The van der Waals surface area contributed by atoms with Crippen molar-refractivity contribution in [1.29, 1.82) is 0 Å². The first-order chi connectivity index (χ1) is 7.65. The zero-order chi connectivity index (χ0) is 11.5. The van der Waals surface area contributed by atoms with E-state index in [-0.39, 0.29) is 0 Å². The van der Waals surface area contributed by atoms with Gasteiger partial charge < -0.3 is 4.74 Å². The quantitative estimate of drug-likeness (QED) is 0.619. The van der Waals surface area contributed by atoms with E-state index in [4.69, 9.17) is 4.74 Å². The van der Waals surface area contributed by atoms with Crippen LogP contribution in [0.15, 0.2) is 43.1 Å². The van der Waals surface area contributed by atoms with Gasteiger partial charge in [0.1, 0.15) is 12.4 Å². The van der Waals surface area contributed by atoms with Gasteiger partial charge in [-0.2, -0.15) is 0 Å². The number of ether oxygens (including phenoxy) is 1. The Hall–Kier alpha value is 0.160. The highest BCUT2D eigenvalue weighted by Gasteiger charge is 2.03. The van der Waals surface area contributed by atoms with E-state index in [1.165, 1.54) is 4.88 Å². The van der Waals surface area contributed by atoms with Crippen LogP contribution in [-0.4, -0.2) is 0 Å². The zero-order valence-electron chi connectivity index (χ0n) is 8.04. The third kappa shape index (κ3) is 3.32. The SMILES string of the molecule is Brc1csc(COc2ccc(Br)cc2Br)c1. The maximum atomic E-state index is 5.71. The maximum absolute atomic E-state index is 5.71. The van der Waals surface area contributed by atoms with Crippen LogP contribution in [0.25, 0.3) is 0 Å². The Morgan fingerprint density at radius 3 is 2.50 bits per heavy atom. The fourth-order valence-electron chi connectivity index (χ4n) is 1.17. The minimum atomic E-state index is 0.594. The monoisotopic (exact) mass is 424 g/mol. The molecule has 0 aliphatic heterocycles. The van der Waals surface area contributed by atoms with Gasteiger partial charge in [-0.05, 0) is 56.1 Å². The van der Waals surface area contributed by atoms with Crippen LogP contribution in [0.5, 0.6) is 5.75 Å². The van der Waals surface area contributed by atoms with Crippen molar-refractivity contribution in [3.05, 3.63) is 47.9 Å². The van der Waals surface area contributed by atoms with E-state index >= 15 is 0 Å². The van der Waals surface area contributed by atoms with Crippen LogP contribution in [0.2, 0.25) is 0 Å². The summed E-state index contributed by atoms with van der Waals surface area (Å²) in [6.45, 7) is 0.594. The summed E-state index contributed by atoms with van der Waals surface area (Å²) in [6, 6.07) is 7.94. The fourth-order valence-corrected chi connectivity index (χ4v) is 3.69. The molecule has 0 spiro atoms. The largest absolute Gasteiger partial charge is 0.487 e. The molecular formula is C11H7Br3OS. The normalized spacial score (nSPS) is 10.4. The zero-order valence-corrected chi connectivity index (χ0v) is 13.6. The lowest BCUT2D eigenvalue weighted by Crippen LogP contribution is -1.93. The highest BCUT2D eigenvalue weighted by molar-refractivity contribution is 9.11. The molecule has 0 amide bonds. The minimum absolute atomic E-state index is 0.594. The molecule has 0 bridgehead atoms. The Labute approximate surface area is 123 Å². The molecule has 1 aromatic heterocycles. The average Bonchev–Trinajstić information content (AvgIpc) is 2.63. The predicted octanol–water partition coefficient (Wildman–Crippen LogP) is 5.61. The summed E-state index contributed by atoms with van der Waals surface area (Å²) in [5, 5.41) is 2.05. The molecule has 0 atom stereocenters. The van der Waals surface area contributed by atoms with Gasteiger partial charge >= 0.3 is 0 Å². The van der Waals surface area contributed by atoms with Crippen molar-refractivity contribution in [3.8, 4) is 5.75 Å². The lowest BCUT2D eigenvalue weighted by molar-refractivity contribution is 0.308. The molecule has 0 saturated heterocycles. The Bertz CT molecular complexity index is 496. The second kappa shape index (κ2) is 5.67. The molecule has 0 N–H and O–H groups in total.